The third kappa shape index (κ3) is 5.65. The van der Waals surface area contributed by atoms with Crippen molar-refractivity contribution in [1.82, 2.24) is 4.98 Å². The minimum absolute atomic E-state index is 0.132. The monoisotopic (exact) mass is 403 g/mol. The lowest BCUT2D eigenvalue weighted by atomic mass is 10.2. The van der Waals surface area contributed by atoms with Gasteiger partial charge in [-0.1, -0.05) is 6.07 Å². The maximum atomic E-state index is 13.0. The van der Waals surface area contributed by atoms with Crippen molar-refractivity contribution in [1.29, 1.82) is 0 Å². The fourth-order valence-corrected chi connectivity index (χ4v) is 3.05. The third-order valence-corrected chi connectivity index (χ3v) is 4.30. The quantitative estimate of drug-likeness (QED) is 0.629. The number of aromatic nitrogens is 1. The number of amides is 1. The lowest BCUT2D eigenvalue weighted by Crippen LogP contribution is -2.13. The molecular formula is C19H18FN3O4S. The van der Waals surface area contributed by atoms with Gasteiger partial charge in [-0.15, -0.1) is 0 Å². The molecule has 146 valence electrons. The van der Waals surface area contributed by atoms with Gasteiger partial charge in [-0.2, -0.15) is 0 Å². The Morgan fingerprint density at radius 1 is 1.14 bits per heavy atom. The Kier molecular flexibility index (Phi) is 5.74. The third-order valence-electron chi connectivity index (χ3n) is 3.70. The van der Waals surface area contributed by atoms with Crippen molar-refractivity contribution in [3.63, 3.8) is 0 Å². The van der Waals surface area contributed by atoms with Crippen LogP contribution in [0.3, 0.4) is 0 Å². The minimum Gasteiger partial charge on any atom is -0.441 e. The van der Waals surface area contributed by atoms with E-state index in [0.29, 0.717) is 28.6 Å². The molecule has 2 N–H and O–H groups in total. The van der Waals surface area contributed by atoms with Gasteiger partial charge in [-0.3, -0.25) is 9.52 Å². The first-order valence-electron chi connectivity index (χ1n) is 8.37. The van der Waals surface area contributed by atoms with E-state index in [2.05, 4.69) is 15.0 Å². The molecule has 0 bridgehead atoms. The molecule has 3 aromatic rings. The summed E-state index contributed by atoms with van der Waals surface area (Å²) in [6.45, 7) is 0. The lowest BCUT2D eigenvalue weighted by Gasteiger charge is -2.08. The molecule has 1 aromatic heterocycles. The van der Waals surface area contributed by atoms with Gasteiger partial charge < -0.3 is 9.73 Å². The van der Waals surface area contributed by atoms with Crippen LogP contribution in [0, 0.1) is 5.82 Å². The highest BCUT2D eigenvalue weighted by Gasteiger charge is 2.10. The van der Waals surface area contributed by atoms with Crippen LogP contribution in [-0.2, 0) is 21.2 Å². The zero-order chi connectivity index (χ0) is 20.1. The van der Waals surface area contributed by atoms with Crippen LogP contribution in [0.1, 0.15) is 12.3 Å². The van der Waals surface area contributed by atoms with Crippen LogP contribution in [0.5, 0.6) is 0 Å². The van der Waals surface area contributed by atoms with Crippen LogP contribution < -0.4 is 10.0 Å². The van der Waals surface area contributed by atoms with Gasteiger partial charge in [0.2, 0.25) is 15.9 Å². The Morgan fingerprint density at radius 2 is 1.86 bits per heavy atom. The van der Waals surface area contributed by atoms with Crippen molar-refractivity contribution in [3.05, 3.63) is 66.4 Å². The Hall–Kier alpha value is -3.20. The lowest BCUT2D eigenvalue weighted by molar-refractivity contribution is -0.116. The second-order valence-electron chi connectivity index (χ2n) is 6.13. The van der Waals surface area contributed by atoms with Crippen LogP contribution in [0.25, 0.3) is 11.3 Å². The molecule has 7 nitrogen and oxygen atoms in total. The van der Waals surface area contributed by atoms with E-state index < -0.39 is 10.0 Å². The molecule has 0 aliphatic rings. The van der Waals surface area contributed by atoms with Crippen molar-refractivity contribution in [3.8, 4) is 11.3 Å². The van der Waals surface area contributed by atoms with Crippen LogP contribution in [0.4, 0.5) is 15.8 Å². The smallest absolute Gasteiger partial charge is 0.229 e. The maximum absolute atomic E-state index is 13.0. The topological polar surface area (TPSA) is 101 Å². The highest BCUT2D eigenvalue weighted by molar-refractivity contribution is 7.92. The zero-order valence-electron chi connectivity index (χ0n) is 15.0. The van der Waals surface area contributed by atoms with E-state index in [1.54, 1.807) is 30.3 Å². The molecule has 0 radical (unpaired) electrons. The van der Waals surface area contributed by atoms with Crippen LogP contribution in [0.2, 0.25) is 0 Å². The largest absolute Gasteiger partial charge is 0.441 e. The van der Waals surface area contributed by atoms with Crippen LogP contribution >= 0.6 is 0 Å². The van der Waals surface area contributed by atoms with Gasteiger partial charge in [0.15, 0.2) is 11.7 Å². The molecule has 1 amide bonds. The number of carbonyl (C=O) groups is 1. The number of nitrogens with zero attached hydrogens (tertiary/aromatic N) is 1. The SMILES string of the molecule is CS(=O)(=O)Nc1cccc(NC(=O)CCc2ncc(-c3ccc(F)cc3)o2)c1. The summed E-state index contributed by atoms with van der Waals surface area (Å²) in [5, 5.41) is 2.70. The Morgan fingerprint density at radius 3 is 2.57 bits per heavy atom. The summed E-state index contributed by atoms with van der Waals surface area (Å²) < 4.78 is 43.5. The molecule has 0 spiro atoms. The van der Waals surface area contributed by atoms with Gasteiger partial charge in [0.25, 0.3) is 0 Å². The number of rotatable bonds is 7. The molecule has 3 rings (SSSR count). The van der Waals surface area contributed by atoms with Crippen molar-refractivity contribution in [2.75, 3.05) is 16.3 Å². The average molecular weight is 403 g/mol. The van der Waals surface area contributed by atoms with Crippen molar-refractivity contribution in [2.24, 2.45) is 0 Å². The Labute approximate surface area is 161 Å². The fourth-order valence-electron chi connectivity index (χ4n) is 2.49. The molecule has 0 aliphatic heterocycles. The summed E-state index contributed by atoms with van der Waals surface area (Å²) >= 11 is 0. The summed E-state index contributed by atoms with van der Waals surface area (Å²) in [5.41, 5.74) is 1.52. The van der Waals surface area contributed by atoms with Gasteiger partial charge in [0.05, 0.1) is 18.1 Å². The molecule has 9 heteroatoms. The molecule has 0 atom stereocenters. The van der Waals surface area contributed by atoms with Gasteiger partial charge in [-0.05, 0) is 42.5 Å². The van der Waals surface area contributed by atoms with Crippen molar-refractivity contribution < 1.29 is 22.0 Å². The maximum Gasteiger partial charge on any atom is 0.229 e. The van der Waals surface area contributed by atoms with Crippen molar-refractivity contribution >= 4 is 27.3 Å². The number of hydrogen-bond acceptors (Lipinski definition) is 5. The molecule has 0 aliphatic carbocycles. The first kappa shape index (κ1) is 19.6. The van der Waals surface area contributed by atoms with E-state index in [0.717, 1.165) is 6.26 Å². The second kappa shape index (κ2) is 8.22. The summed E-state index contributed by atoms with van der Waals surface area (Å²) in [7, 11) is -3.40. The number of nitrogens with one attached hydrogen (secondary N) is 2. The van der Waals surface area contributed by atoms with Gasteiger partial charge in [-0.25, -0.2) is 17.8 Å². The van der Waals surface area contributed by atoms with Gasteiger partial charge in [0.1, 0.15) is 5.82 Å². The molecule has 2 aromatic carbocycles. The van der Waals surface area contributed by atoms with E-state index in [1.807, 2.05) is 0 Å². The number of benzene rings is 2. The van der Waals surface area contributed by atoms with E-state index in [9.17, 15) is 17.6 Å². The Bertz CT molecular complexity index is 1080. The highest BCUT2D eigenvalue weighted by Crippen LogP contribution is 2.21. The summed E-state index contributed by atoms with van der Waals surface area (Å²) in [6.07, 6.45) is 3.00. The van der Waals surface area contributed by atoms with E-state index in [4.69, 9.17) is 4.42 Å². The van der Waals surface area contributed by atoms with Gasteiger partial charge in [0, 0.05) is 24.1 Å². The van der Waals surface area contributed by atoms with Crippen LogP contribution in [-0.4, -0.2) is 25.6 Å². The summed E-state index contributed by atoms with van der Waals surface area (Å²) in [5.74, 6) is 0.283. The zero-order valence-corrected chi connectivity index (χ0v) is 15.8. The predicted octanol–water partition coefficient (Wildman–Crippen LogP) is 3.42. The molecule has 0 saturated carbocycles. The number of oxazole rings is 1. The van der Waals surface area contributed by atoms with E-state index in [1.165, 1.54) is 24.4 Å². The number of hydrogen-bond donors (Lipinski definition) is 2. The normalized spacial score (nSPS) is 11.2. The molecular weight excluding hydrogens is 385 g/mol. The molecule has 28 heavy (non-hydrogen) atoms. The first-order valence-corrected chi connectivity index (χ1v) is 10.3. The number of anilines is 2. The predicted molar refractivity (Wildman–Crippen MR) is 104 cm³/mol. The van der Waals surface area contributed by atoms with Crippen LogP contribution in [0.15, 0.2) is 59.1 Å². The first-order chi connectivity index (χ1) is 13.3. The molecule has 0 saturated heterocycles. The van der Waals surface area contributed by atoms with Crippen molar-refractivity contribution in [2.45, 2.75) is 12.8 Å². The number of halogens is 1. The number of aryl methyl sites for hydroxylation is 1. The Balaban J connectivity index is 1.56. The summed E-state index contributed by atoms with van der Waals surface area (Å²) in [4.78, 5) is 16.3. The molecule has 0 unspecified atom stereocenters. The summed E-state index contributed by atoms with van der Waals surface area (Å²) in [6, 6.07) is 12.2. The number of carbonyl (C=O) groups excluding carboxylic acids is 1. The molecule has 0 fully saturated rings. The second-order valence-corrected chi connectivity index (χ2v) is 7.88. The van der Waals surface area contributed by atoms with Gasteiger partial charge >= 0.3 is 0 Å². The average Bonchev–Trinajstić information content (AvgIpc) is 3.08. The van der Waals surface area contributed by atoms with E-state index >= 15 is 0 Å². The highest BCUT2D eigenvalue weighted by atomic mass is 32.2. The fraction of sp³-hybridized carbons (Fsp3) is 0.158. The minimum atomic E-state index is -3.40. The number of sulfonamides is 1. The standard InChI is InChI=1S/C19H18FN3O4S/c1-28(25,26)23-16-4-2-3-15(11-16)22-18(24)9-10-19-21-12-17(27-19)13-5-7-14(20)8-6-13/h2-8,11-12,23H,9-10H2,1H3,(H,22,24). The van der Waals surface area contributed by atoms with E-state index in [-0.39, 0.29) is 24.6 Å². The molecule has 1 heterocycles.